The second kappa shape index (κ2) is 9.53. The molecular weight excluding hydrogens is 424 g/mol. The zero-order valence-corrected chi connectivity index (χ0v) is 19.0. The van der Waals surface area contributed by atoms with Crippen molar-refractivity contribution in [3.8, 4) is 0 Å². The van der Waals surface area contributed by atoms with E-state index in [1.54, 1.807) is 4.90 Å². The average Bonchev–Trinajstić information content (AvgIpc) is 3.35. The molecule has 6 heteroatoms. The van der Waals surface area contributed by atoms with Crippen molar-refractivity contribution in [2.75, 3.05) is 6.54 Å². The molecule has 1 fully saturated rings. The number of nitrogens with one attached hydrogen (secondary N) is 1. The summed E-state index contributed by atoms with van der Waals surface area (Å²) in [6.45, 7) is 1.25. The van der Waals surface area contributed by atoms with Crippen LogP contribution in [0.2, 0.25) is 0 Å². The number of nitrogens with two attached hydrogens (primary N) is 1. The Morgan fingerprint density at radius 3 is 2.18 bits per heavy atom. The molecule has 0 aliphatic carbocycles. The number of carbonyl (C=O) groups excluding carboxylic acids is 2. The van der Waals surface area contributed by atoms with E-state index in [1.165, 1.54) is 10.5 Å². The van der Waals surface area contributed by atoms with E-state index in [0.717, 1.165) is 34.0 Å². The van der Waals surface area contributed by atoms with Crippen molar-refractivity contribution in [3.05, 3.63) is 107 Å². The minimum atomic E-state index is -0.550. The fourth-order valence-electron chi connectivity index (χ4n) is 4.70. The molecule has 3 N–H and O–H groups in total. The summed E-state index contributed by atoms with van der Waals surface area (Å²) in [6.07, 6.45) is 3.25. The highest BCUT2D eigenvalue weighted by Gasteiger charge is 2.44. The standard InChI is InChI=1S/C28H28N4O2/c29-14-13-23-17-30-25-12-11-22(15-24(23)25)16-26-27(33)32(19-21-9-5-2-6-10-21)28(34)31(26)18-20-7-3-1-4-8-20/h1-12,15,17,26,30H,13-14,16,18-19,29H2. The van der Waals surface area contributed by atoms with Gasteiger partial charge >= 0.3 is 6.03 Å². The molecule has 2 heterocycles. The topological polar surface area (TPSA) is 82.4 Å². The molecule has 0 saturated carbocycles. The minimum absolute atomic E-state index is 0.152. The van der Waals surface area contributed by atoms with E-state index in [9.17, 15) is 9.59 Å². The van der Waals surface area contributed by atoms with Crippen LogP contribution in [0.3, 0.4) is 0 Å². The number of benzene rings is 3. The molecular formula is C28H28N4O2. The van der Waals surface area contributed by atoms with Gasteiger partial charge in [0.2, 0.25) is 0 Å². The van der Waals surface area contributed by atoms with Gasteiger partial charge in [-0.3, -0.25) is 9.69 Å². The largest absolute Gasteiger partial charge is 0.361 e. The number of hydrogen-bond acceptors (Lipinski definition) is 3. The quantitative estimate of drug-likeness (QED) is 0.392. The maximum absolute atomic E-state index is 13.5. The second-order valence-corrected chi connectivity index (χ2v) is 8.76. The van der Waals surface area contributed by atoms with Gasteiger partial charge in [-0.25, -0.2) is 4.79 Å². The summed E-state index contributed by atoms with van der Waals surface area (Å²) in [6, 6.07) is 24.9. The highest BCUT2D eigenvalue weighted by Crippen LogP contribution is 2.27. The van der Waals surface area contributed by atoms with E-state index >= 15 is 0 Å². The van der Waals surface area contributed by atoms with Crippen LogP contribution in [0, 0.1) is 0 Å². The van der Waals surface area contributed by atoms with Gasteiger partial charge < -0.3 is 15.6 Å². The summed E-state index contributed by atoms with van der Waals surface area (Å²) >= 11 is 0. The molecule has 34 heavy (non-hydrogen) atoms. The summed E-state index contributed by atoms with van der Waals surface area (Å²) in [5, 5.41) is 1.12. The molecule has 3 amide bonds. The van der Waals surface area contributed by atoms with Gasteiger partial charge in [0.1, 0.15) is 6.04 Å². The Hall–Kier alpha value is -3.90. The summed E-state index contributed by atoms with van der Waals surface area (Å²) in [5.41, 5.74) is 11.0. The Bertz CT molecular complexity index is 1300. The minimum Gasteiger partial charge on any atom is -0.361 e. The normalized spacial score (nSPS) is 16.1. The van der Waals surface area contributed by atoms with Gasteiger partial charge in [0.25, 0.3) is 5.91 Å². The zero-order chi connectivity index (χ0) is 23.5. The molecule has 6 nitrogen and oxygen atoms in total. The predicted octanol–water partition coefficient (Wildman–Crippen LogP) is 4.24. The summed E-state index contributed by atoms with van der Waals surface area (Å²) in [4.78, 5) is 33.4. The lowest BCUT2D eigenvalue weighted by molar-refractivity contribution is -0.128. The van der Waals surface area contributed by atoms with Crippen LogP contribution in [0.15, 0.2) is 85.1 Å². The van der Waals surface area contributed by atoms with Crippen LogP contribution >= 0.6 is 0 Å². The van der Waals surface area contributed by atoms with Crippen molar-refractivity contribution in [3.63, 3.8) is 0 Å². The van der Waals surface area contributed by atoms with Crippen LogP contribution in [-0.4, -0.2) is 39.3 Å². The van der Waals surface area contributed by atoms with E-state index in [1.807, 2.05) is 79.0 Å². The van der Waals surface area contributed by atoms with Crippen LogP contribution in [0.25, 0.3) is 10.9 Å². The molecule has 172 valence electrons. The van der Waals surface area contributed by atoms with Crippen molar-refractivity contribution >= 4 is 22.8 Å². The van der Waals surface area contributed by atoms with Gasteiger partial charge in [-0.1, -0.05) is 66.7 Å². The third kappa shape index (κ3) is 4.32. The number of rotatable bonds is 8. The van der Waals surface area contributed by atoms with Crippen LogP contribution in [0.5, 0.6) is 0 Å². The number of hydrogen-bond donors (Lipinski definition) is 2. The summed E-state index contributed by atoms with van der Waals surface area (Å²) < 4.78 is 0. The van der Waals surface area contributed by atoms with Crippen molar-refractivity contribution in [1.82, 2.24) is 14.8 Å². The van der Waals surface area contributed by atoms with Crippen LogP contribution in [0.4, 0.5) is 4.79 Å². The van der Waals surface area contributed by atoms with Crippen molar-refractivity contribution in [2.45, 2.75) is 32.0 Å². The molecule has 1 saturated heterocycles. The molecule has 0 bridgehead atoms. The molecule has 0 radical (unpaired) electrons. The van der Waals surface area contributed by atoms with Gasteiger partial charge in [-0.2, -0.15) is 0 Å². The van der Waals surface area contributed by atoms with E-state index < -0.39 is 6.04 Å². The maximum Gasteiger partial charge on any atom is 0.328 e. The number of nitrogens with zero attached hydrogens (tertiary/aromatic N) is 2. The molecule has 5 rings (SSSR count). The maximum atomic E-state index is 13.5. The molecule has 3 aromatic carbocycles. The number of fused-ring (bicyclic) bond motifs is 1. The monoisotopic (exact) mass is 452 g/mol. The number of imide groups is 1. The van der Waals surface area contributed by atoms with Gasteiger partial charge in [0.05, 0.1) is 6.54 Å². The Labute approximate surface area is 199 Å². The number of amides is 3. The molecule has 1 aromatic heterocycles. The third-order valence-electron chi connectivity index (χ3n) is 6.46. The molecule has 1 aliphatic rings. The van der Waals surface area contributed by atoms with Crippen molar-refractivity contribution in [1.29, 1.82) is 0 Å². The van der Waals surface area contributed by atoms with Gasteiger partial charge in [0.15, 0.2) is 0 Å². The van der Waals surface area contributed by atoms with Crippen molar-refractivity contribution in [2.24, 2.45) is 5.73 Å². The van der Waals surface area contributed by atoms with E-state index in [4.69, 9.17) is 5.73 Å². The van der Waals surface area contributed by atoms with E-state index in [-0.39, 0.29) is 18.5 Å². The Morgan fingerprint density at radius 1 is 0.824 bits per heavy atom. The fraction of sp³-hybridized carbons (Fsp3) is 0.214. The second-order valence-electron chi connectivity index (χ2n) is 8.76. The van der Waals surface area contributed by atoms with Gasteiger partial charge in [0, 0.05) is 30.1 Å². The summed E-state index contributed by atoms with van der Waals surface area (Å²) in [5.74, 6) is -0.152. The summed E-state index contributed by atoms with van der Waals surface area (Å²) in [7, 11) is 0. The van der Waals surface area contributed by atoms with Crippen LogP contribution in [0.1, 0.15) is 22.3 Å². The lowest BCUT2D eigenvalue weighted by Gasteiger charge is -2.22. The SMILES string of the molecule is NCCc1c[nH]c2ccc(CC3C(=O)N(Cc4ccccc4)C(=O)N3Cc3ccccc3)cc12. The number of aromatic amines is 1. The molecule has 1 atom stereocenters. The number of aromatic nitrogens is 1. The highest BCUT2D eigenvalue weighted by atomic mass is 16.2. The van der Waals surface area contributed by atoms with Crippen LogP contribution in [-0.2, 0) is 30.7 Å². The van der Waals surface area contributed by atoms with Crippen LogP contribution < -0.4 is 5.73 Å². The Kier molecular flexibility index (Phi) is 6.14. The highest BCUT2D eigenvalue weighted by molar-refractivity contribution is 6.04. The zero-order valence-electron chi connectivity index (χ0n) is 19.0. The first-order valence-electron chi connectivity index (χ1n) is 11.6. The third-order valence-corrected chi connectivity index (χ3v) is 6.46. The molecule has 4 aromatic rings. The molecule has 1 aliphatic heterocycles. The molecule has 0 spiro atoms. The fourth-order valence-corrected chi connectivity index (χ4v) is 4.70. The van der Waals surface area contributed by atoms with E-state index in [2.05, 4.69) is 11.1 Å². The van der Waals surface area contributed by atoms with Crippen molar-refractivity contribution < 1.29 is 9.59 Å². The average molecular weight is 453 g/mol. The smallest absolute Gasteiger partial charge is 0.328 e. The number of urea groups is 1. The van der Waals surface area contributed by atoms with Gasteiger partial charge in [-0.15, -0.1) is 0 Å². The molecule has 1 unspecified atom stereocenters. The lowest BCUT2D eigenvalue weighted by atomic mass is 10.0. The predicted molar refractivity (Wildman–Crippen MR) is 133 cm³/mol. The number of carbonyl (C=O) groups is 2. The first kappa shape index (κ1) is 21.9. The lowest BCUT2D eigenvalue weighted by Crippen LogP contribution is -2.36. The first-order valence-corrected chi connectivity index (χ1v) is 11.6. The Morgan fingerprint density at radius 2 is 1.50 bits per heavy atom. The van der Waals surface area contributed by atoms with E-state index in [0.29, 0.717) is 19.5 Å². The number of H-pyrrole nitrogens is 1. The van der Waals surface area contributed by atoms with Gasteiger partial charge in [-0.05, 0) is 47.4 Å². The Balaban J connectivity index is 1.45. The first-order chi connectivity index (χ1) is 16.6.